The summed E-state index contributed by atoms with van der Waals surface area (Å²) in [6, 6.07) is 0. The molecule has 0 aliphatic rings. The highest BCUT2D eigenvalue weighted by atomic mass is 16.5. The molecule has 0 rings (SSSR count). The minimum Gasteiger partial charge on any atom is -0.469 e. The number of unbranched alkanes of at least 4 members (excludes halogenated alkanes) is 5. The number of ether oxygens (including phenoxy) is 2. The van der Waals surface area contributed by atoms with E-state index in [0.29, 0.717) is 12.8 Å². The molecule has 0 saturated carbocycles. The summed E-state index contributed by atoms with van der Waals surface area (Å²) in [5, 5.41) is 9.53. The quantitative estimate of drug-likeness (QED) is 0.462. The molecule has 0 aliphatic carbocycles. The first kappa shape index (κ1) is 17.9. The third-order valence-corrected chi connectivity index (χ3v) is 3.03. The van der Waals surface area contributed by atoms with Crippen molar-refractivity contribution in [1.29, 1.82) is 0 Å². The van der Waals surface area contributed by atoms with E-state index in [0.717, 1.165) is 38.5 Å². The number of hydrogen-bond donors (Lipinski definition) is 1. The lowest BCUT2D eigenvalue weighted by molar-refractivity contribution is -0.143. The second kappa shape index (κ2) is 12.0. The third kappa shape index (κ3) is 11.7. The predicted molar refractivity (Wildman–Crippen MR) is 71.6 cm³/mol. The maximum Gasteiger partial charge on any atom is 0.308 e. The van der Waals surface area contributed by atoms with Crippen LogP contribution < -0.4 is 0 Å². The zero-order valence-electron chi connectivity index (χ0n) is 12.0. The highest BCUT2D eigenvalue weighted by Gasteiger charge is 2.10. The van der Waals surface area contributed by atoms with Crippen molar-refractivity contribution in [3.63, 3.8) is 0 Å². The molecule has 0 amide bonds. The average molecular weight is 274 g/mol. The number of carbonyl (C=O) groups is 2. The number of rotatable bonds is 11. The van der Waals surface area contributed by atoms with Crippen molar-refractivity contribution in [1.82, 2.24) is 0 Å². The molecule has 0 aliphatic heterocycles. The summed E-state index contributed by atoms with van der Waals surface area (Å²) >= 11 is 0. The van der Waals surface area contributed by atoms with Gasteiger partial charge in [-0.1, -0.05) is 32.1 Å². The first-order chi connectivity index (χ1) is 9.10. The molecule has 19 heavy (non-hydrogen) atoms. The number of hydrogen-bond acceptors (Lipinski definition) is 5. The van der Waals surface area contributed by atoms with Crippen LogP contribution in [0.5, 0.6) is 0 Å². The molecule has 112 valence electrons. The van der Waals surface area contributed by atoms with Crippen LogP contribution in [0.3, 0.4) is 0 Å². The largest absolute Gasteiger partial charge is 0.469 e. The van der Waals surface area contributed by atoms with E-state index in [1.165, 1.54) is 14.2 Å². The number of aliphatic hydroxyl groups excluding tert-OH is 1. The van der Waals surface area contributed by atoms with Gasteiger partial charge in [-0.05, 0) is 12.8 Å². The first-order valence-corrected chi connectivity index (χ1v) is 6.91. The molecule has 0 bridgehead atoms. The fourth-order valence-corrected chi connectivity index (χ4v) is 1.84. The Morgan fingerprint density at radius 2 is 1.42 bits per heavy atom. The molecule has 0 saturated heterocycles. The molecular weight excluding hydrogens is 248 g/mol. The molecule has 0 radical (unpaired) electrons. The van der Waals surface area contributed by atoms with Gasteiger partial charge in [-0.2, -0.15) is 0 Å². The maximum absolute atomic E-state index is 10.9. The van der Waals surface area contributed by atoms with Crippen molar-refractivity contribution in [3.05, 3.63) is 0 Å². The summed E-state index contributed by atoms with van der Waals surface area (Å²) in [6.07, 6.45) is 6.65. The first-order valence-electron chi connectivity index (χ1n) is 6.91. The Morgan fingerprint density at radius 3 is 2.00 bits per heavy atom. The number of esters is 2. The average Bonchev–Trinajstić information content (AvgIpc) is 2.41. The second-order valence-electron chi connectivity index (χ2n) is 4.67. The molecule has 1 N–H and O–H groups in total. The Kier molecular flexibility index (Phi) is 11.3. The molecule has 0 heterocycles. The zero-order chi connectivity index (χ0) is 14.5. The molecule has 0 spiro atoms. The Balaban J connectivity index is 3.26. The van der Waals surface area contributed by atoms with E-state index in [-0.39, 0.29) is 18.4 Å². The molecule has 0 aromatic rings. The van der Waals surface area contributed by atoms with E-state index in [1.54, 1.807) is 0 Å². The van der Waals surface area contributed by atoms with E-state index >= 15 is 0 Å². The van der Waals surface area contributed by atoms with Gasteiger partial charge in [0, 0.05) is 6.42 Å². The van der Waals surface area contributed by atoms with Gasteiger partial charge in [0.25, 0.3) is 0 Å². The molecule has 0 aromatic carbocycles. The van der Waals surface area contributed by atoms with Gasteiger partial charge in [0.05, 0.1) is 26.7 Å². The Morgan fingerprint density at radius 1 is 0.895 bits per heavy atom. The molecular formula is C14H26O5. The predicted octanol–water partition coefficient (Wildman–Crippen LogP) is 2.20. The summed E-state index contributed by atoms with van der Waals surface area (Å²) in [4.78, 5) is 21.7. The smallest absolute Gasteiger partial charge is 0.308 e. The van der Waals surface area contributed by atoms with Crippen LogP contribution in [0.15, 0.2) is 0 Å². The summed E-state index contributed by atoms with van der Waals surface area (Å²) in [6.45, 7) is 0. The molecule has 1 unspecified atom stereocenters. The van der Waals surface area contributed by atoms with Crippen LogP contribution in [0.2, 0.25) is 0 Å². The van der Waals surface area contributed by atoms with Gasteiger partial charge in [-0.3, -0.25) is 9.59 Å². The molecule has 5 heteroatoms. The van der Waals surface area contributed by atoms with E-state index in [9.17, 15) is 14.7 Å². The second-order valence-corrected chi connectivity index (χ2v) is 4.67. The topological polar surface area (TPSA) is 72.8 Å². The minimum absolute atomic E-state index is 0.0790. The van der Waals surface area contributed by atoms with Crippen molar-refractivity contribution in [3.8, 4) is 0 Å². The van der Waals surface area contributed by atoms with Crippen LogP contribution in [-0.2, 0) is 19.1 Å². The number of carbonyl (C=O) groups excluding carboxylic acids is 2. The van der Waals surface area contributed by atoms with E-state index in [1.807, 2.05) is 0 Å². The van der Waals surface area contributed by atoms with Crippen molar-refractivity contribution >= 4 is 11.9 Å². The fourth-order valence-electron chi connectivity index (χ4n) is 1.84. The number of methoxy groups -OCH3 is 2. The van der Waals surface area contributed by atoms with Gasteiger partial charge in [0.15, 0.2) is 0 Å². The monoisotopic (exact) mass is 274 g/mol. The van der Waals surface area contributed by atoms with E-state index in [2.05, 4.69) is 9.47 Å². The fraction of sp³-hybridized carbons (Fsp3) is 0.857. The van der Waals surface area contributed by atoms with Crippen LogP contribution in [-0.4, -0.2) is 37.4 Å². The Labute approximate surface area is 115 Å². The zero-order valence-corrected chi connectivity index (χ0v) is 12.0. The van der Waals surface area contributed by atoms with Crippen LogP contribution in [0.4, 0.5) is 0 Å². The summed E-state index contributed by atoms with van der Waals surface area (Å²) in [5.74, 6) is -0.513. The lowest BCUT2D eigenvalue weighted by atomic mass is 10.0. The van der Waals surface area contributed by atoms with Crippen LogP contribution in [0.1, 0.15) is 57.8 Å². The summed E-state index contributed by atoms with van der Waals surface area (Å²) < 4.78 is 9.04. The highest BCUT2D eigenvalue weighted by molar-refractivity contribution is 5.69. The summed E-state index contributed by atoms with van der Waals surface area (Å²) in [7, 11) is 2.73. The van der Waals surface area contributed by atoms with Gasteiger partial charge in [0.2, 0.25) is 0 Å². The van der Waals surface area contributed by atoms with E-state index in [4.69, 9.17) is 0 Å². The SMILES string of the molecule is COC(=O)CCCCCCCCC(O)CC(=O)OC. The van der Waals surface area contributed by atoms with Crippen molar-refractivity contribution in [2.24, 2.45) is 0 Å². The lowest BCUT2D eigenvalue weighted by Gasteiger charge is -2.08. The van der Waals surface area contributed by atoms with E-state index < -0.39 is 6.10 Å². The maximum atomic E-state index is 10.9. The molecule has 0 fully saturated rings. The van der Waals surface area contributed by atoms with Gasteiger partial charge < -0.3 is 14.6 Å². The van der Waals surface area contributed by atoms with Gasteiger partial charge in [-0.25, -0.2) is 0 Å². The Bertz CT molecular complexity index is 252. The Hall–Kier alpha value is -1.10. The third-order valence-electron chi connectivity index (χ3n) is 3.03. The molecule has 1 atom stereocenters. The normalized spacial score (nSPS) is 11.9. The molecule has 0 aromatic heterocycles. The summed E-state index contributed by atoms with van der Waals surface area (Å²) in [5.41, 5.74) is 0. The number of aliphatic hydroxyl groups is 1. The van der Waals surface area contributed by atoms with Gasteiger partial charge >= 0.3 is 11.9 Å². The highest BCUT2D eigenvalue weighted by Crippen LogP contribution is 2.11. The van der Waals surface area contributed by atoms with Crippen molar-refractivity contribution < 1.29 is 24.2 Å². The molecule has 5 nitrogen and oxygen atoms in total. The van der Waals surface area contributed by atoms with Gasteiger partial charge in [0.1, 0.15) is 0 Å². The van der Waals surface area contributed by atoms with Crippen LogP contribution in [0.25, 0.3) is 0 Å². The van der Waals surface area contributed by atoms with Crippen LogP contribution >= 0.6 is 0 Å². The minimum atomic E-state index is -0.591. The van der Waals surface area contributed by atoms with Gasteiger partial charge in [-0.15, -0.1) is 0 Å². The van der Waals surface area contributed by atoms with Crippen molar-refractivity contribution in [2.45, 2.75) is 63.9 Å². The van der Waals surface area contributed by atoms with Crippen LogP contribution in [0, 0.1) is 0 Å². The lowest BCUT2D eigenvalue weighted by Crippen LogP contribution is -2.14. The standard InChI is InChI=1S/C14H26O5/c1-18-13(16)10-8-6-4-3-5-7-9-12(15)11-14(17)19-2/h12,15H,3-11H2,1-2H3. The van der Waals surface area contributed by atoms with Crippen molar-refractivity contribution in [2.75, 3.05) is 14.2 Å².